The van der Waals surface area contributed by atoms with Crippen molar-refractivity contribution in [3.8, 4) is 44.5 Å². The number of rotatable bonds is 3. The highest BCUT2D eigenvalue weighted by molar-refractivity contribution is 7.26. The van der Waals surface area contributed by atoms with Crippen molar-refractivity contribution in [3.63, 3.8) is 0 Å². The van der Waals surface area contributed by atoms with Crippen LogP contribution >= 0.6 is 11.3 Å². The molecule has 0 radical (unpaired) electrons. The van der Waals surface area contributed by atoms with Gasteiger partial charge in [-0.25, -0.2) is 0 Å². The van der Waals surface area contributed by atoms with Gasteiger partial charge in [0.05, 0.1) is 0 Å². The van der Waals surface area contributed by atoms with E-state index in [9.17, 15) is 0 Å². The number of hydrogen-bond donors (Lipinski definition) is 0. The van der Waals surface area contributed by atoms with Crippen molar-refractivity contribution in [1.29, 1.82) is 0 Å². The van der Waals surface area contributed by atoms with Crippen LogP contribution in [0.1, 0.15) is 25.0 Å². The van der Waals surface area contributed by atoms with Gasteiger partial charge in [-0.1, -0.05) is 172 Å². The summed E-state index contributed by atoms with van der Waals surface area (Å²) in [6.45, 7) is 4.84. The van der Waals surface area contributed by atoms with E-state index in [0.29, 0.717) is 0 Å². The van der Waals surface area contributed by atoms with E-state index < -0.39 is 0 Å². The molecule has 0 amide bonds. The quantitative estimate of drug-likeness (QED) is 0.157. The maximum absolute atomic E-state index is 2.45. The Bertz CT molecular complexity index is 3750. The molecule has 13 rings (SSSR count). The van der Waals surface area contributed by atoms with Crippen LogP contribution in [0.4, 0.5) is 0 Å². The van der Waals surface area contributed by atoms with Crippen LogP contribution in [0.25, 0.3) is 119 Å². The van der Waals surface area contributed by atoms with Gasteiger partial charge in [-0.15, -0.1) is 11.3 Å². The molecule has 1 aliphatic rings. The Morgan fingerprint density at radius 1 is 0.333 bits per heavy atom. The molecule has 280 valence electrons. The molecular weight excluding hydrogens is 741 g/mol. The Kier molecular flexibility index (Phi) is 7.04. The van der Waals surface area contributed by atoms with Crippen LogP contribution in [-0.4, -0.2) is 0 Å². The first-order valence-electron chi connectivity index (χ1n) is 21.0. The summed E-state index contributed by atoms with van der Waals surface area (Å²) in [5.41, 5.74) is 13.0. The lowest BCUT2D eigenvalue weighted by atomic mass is 9.79. The van der Waals surface area contributed by atoms with Gasteiger partial charge < -0.3 is 0 Å². The van der Waals surface area contributed by atoms with Crippen molar-refractivity contribution < 1.29 is 0 Å². The predicted molar refractivity (Wildman–Crippen MR) is 261 cm³/mol. The number of fused-ring (bicyclic) bond motifs is 13. The van der Waals surface area contributed by atoms with E-state index in [4.69, 9.17) is 0 Å². The van der Waals surface area contributed by atoms with Crippen LogP contribution in [0.2, 0.25) is 0 Å². The fourth-order valence-corrected chi connectivity index (χ4v) is 11.9. The molecular formula is C59H38S. The smallest absolute Gasteiger partial charge is 0.0361 e. The molecule has 0 unspecified atom stereocenters. The Morgan fingerprint density at radius 2 is 0.817 bits per heavy atom. The second kappa shape index (κ2) is 12.5. The molecule has 0 spiro atoms. The van der Waals surface area contributed by atoms with Gasteiger partial charge >= 0.3 is 0 Å². The Morgan fingerprint density at radius 3 is 1.50 bits per heavy atom. The first kappa shape index (κ1) is 33.9. The van der Waals surface area contributed by atoms with E-state index >= 15 is 0 Å². The van der Waals surface area contributed by atoms with Crippen LogP contribution in [0.3, 0.4) is 0 Å². The highest BCUT2D eigenvalue weighted by Crippen LogP contribution is 2.54. The third kappa shape index (κ3) is 4.79. The van der Waals surface area contributed by atoms with Gasteiger partial charge in [0, 0.05) is 25.6 Å². The summed E-state index contributed by atoms with van der Waals surface area (Å²) < 4.78 is 2.72. The predicted octanol–water partition coefficient (Wildman–Crippen LogP) is 17.1. The second-order valence-corrected chi connectivity index (χ2v) is 18.3. The molecule has 11 aromatic carbocycles. The van der Waals surface area contributed by atoms with Gasteiger partial charge in [0.25, 0.3) is 0 Å². The molecule has 0 N–H and O–H groups in total. The summed E-state index contributed by atoms with van der Waals surface area (Å²) >= 11 is 1.91. The molecule has 60 heavy (non-hydrogen) atoms. The van der Waals surface area contributed by atoms with Crippen molar-refractivity contribution in [2.45, 2.75) is 19.3 Å². The van der Waals surface area contributed by atoms with Gasteiger partial charge in [-0.05, 0) is 146 Å². The topological polar surface area (TPSA) is 0 Å². The first-order valence-corrected chi connectivity index (χ1v) is 21.8. The van der Waals surface area contributed by atoms with Crippen LogP contribution in [0, 0.1) is 0 Å². The van der Waals surface area contributed by atoms with E-state index in [-0.39, 0.29) is 5.41 Å². The van der Waals surface area contributed by atoms with E-state index in [0.717, 1.165) is 0 Å². The van der Waals surface area contributed by atoms with E-state index in [2.05, 4.69) is 208 Å². The molecule has 1 aliphatic carbocycles. The molecule has 0 bridgehead atoms. The van der Waals surface area contributed by atoms with Crippen LogP contribution < -0.4 is 0 Å². The second-order valence-electron chi connectivity index (χ2n) is 17.2. The Hall–Kier alpha value is -7.06. The molecule has 0 saturated carbocycles. The monoisotopic (exact) mass is 778 g/mol. The van der Waals surface area contributed by atoms with Crippen LogP contribution in [0.15, 0.2) is 194 Å². The first-order chi connectivity index (χ1) is 29.5. The Labute approximate surface area is 352 Å². The van der Waals surface area contributed by atoms with Crippen LogP contribution in [0.5, 0.6) is 0 Å². The molecule has 1 heteroatoms. The summed E-state index contributed by atoms with van der Waals surface area (Å²) in [4.78, 5) is 0. The van der Waals surface area contributed by atoms with Gasteiger partial charge in [0.2, 0.25) is 0 Å². The number of hydrogen-bond acceptors (Lipinski definition) is 1. The summed E-state index contributed by atoms with van der Waals surface area (Å²) in [5, 5.41) is 15.6. The molecule has 1 heterocycles. The molecule has 12 aromatic rings. The largest absolute Gasteiger partial charge is 0.135 e. The van der Waals surface area contributed by atoms with Crippen molar-refractivity contribution >= 4 is 85.4 Å². The standard InChI is InChI=1S/C59H38S/c1-59(2)51-29-26-41(34-50(51)48-28-25-36-27-30-53-57(56(36)58(48)59)49-17-9-10-18-52(49)60-53)39-20-21-40-33-43(24-22-38(40)31-39)55-46-15-7-5-13-44(46)54(45-14-6-8-16-47(45)55)42-23-19-35-11-3-4-12-37(35)32-42/h3-34H,1-2H3. The number of benzene rings is 11. The lowest BCUT2D eigenvalue weighted by Crippen LogP contribution is -2.15. The molecule has 1 aromatic heterocycles. The summed E-state index contributed by atoms with van der Waals surface area (Å²) in [6, 6.07) is 73.0. The normalized spacial score (nSPS) is 13.3. The fourth-order valence-electron chi connectivity index (χ4n) is 10.8. The van der Waals surface area contributed by atoms with E-state index in [1.807, 2.05) is 11.3 Å². The summed E-state index contributed by atoms with van der Waals surface area (Å²) in [5.74, 6) is 0. The van der Waals surface area contributed by atoms with Gasteiger partial charge in [-0.2, -0.15) is 0 Å². The molecule has 0 nitrogen and oxygen atoms in total. The van der Waals surface area contributed by atoms with Gasteiger partial charge in [0.15, 0.2) is 0 Å². The van der Waals surface area contributed by atoms with Gasteiger partial charge in [-0.3, -0.25) is 0 Å². The average molecular weight is 779 g/mol. The average Bonchev–Trinajstić information content (AvgIpc) is 3.79. The zero-order valence-electron chi connectivity index (χ0n) is 33.4. The zero-order chi connectivity index (χ0) is 39.7. The molecule has 0 fully saturated rings. The highest BCUT2D eigenvalue weighted by Gasteiger charge is 2.38. The number of thiophene rings is 1. The maximum Gasteiger partial charge on any atom is 0.0361 e. The maximum atomic E-state index is 2.45. The Balaban J connectivity index is 0.935. The molecule has 0 aliphatic heterocycles. The van der Waals surface area contributed by atoms with Crippen molar-refractivity contribution in [2.24, 2.45) is 0 Å². The summed E-state index contributed by atoms with van der Waals surface area (Å²) in [6.07, 6.45) is 0. The SMILES string of the molecule is CC1(C)c2ccc(-c3ccc4cc(-c5c6ccccc6c(-c6ccc7ccccc7c6)c6ccccc56)ccc4c3)cc2-c2ccc3ccc4sc5ccccc5c4c3c21. The van der Waals surface area contributed by atoms with E-state index in [1.54, 1.807) is 0 Å². The van der Waals surface area contributed by atoms with Crippen molar-refractivity contribution in [3.05, 3.63) is 205 Å². The lowest BCUT2D eigenvalue weighted by Gasteiger charge is -2.24. The summed E-state index contributed by atoms with van der Waals surface area (Å²) in [7, 11) is 0. The van der Waals surface area contributed by atoms with Crippen molar-refractivity contribution in [2.75, 3.05) is 0 Å². The molecule has 0 atom stereocenters. The zero-order valence-corrected chi connectivity index (χ0v) is 34.2. The third-order valence-corrected chi connectivity index (χ3v) is 14.7. The van der Waals surface area contributed by atoms with Crippen molar-refractivity contribution in [1.82, 2.24) is 0 Å². The van der Waals surface area contributed by atoms with Gasteiger partial charge in [0.1, 0.15) is 0 Å². The minimum absolute atomic E-state index is 0.123. The highest BCUT2D eigenvalue weighted by atomic mass is 32.1. The lowest BCUT2D eigenvalue weighted by molar-refractivity contribution is 0.667. The fraction of sp³-hybridized carbons (Fsp3) is 0.0508. The minimum atomic E-state index is -0.123. The molecule has 0 saturated heterocycles. The van der Waals surface area contributed by atoms with Crippen LogP contribution in [-0.2, 0) is 5.41 Å². The third-order valence-electron chi connectivity index (χ3n) is 13.6. The minimum Gasteiger partial charge on any atom is -0.135 e. The van der Waals surface area contributed by atoms with E-state index in [1.165, 1.54) is 130 Å².